The Bertz CT molecular complexity index is 700. The molecule has 0 radical (unpaired) electrons. The van der Waals surface area contributed by atoms with Gasteiger partial charge in [0.2, 0.25) is 5.91 Å². The van der Waals surface area contributed by atoms with Gasteiger partial charge in [-0.15, -0.1) is 13.2 Å². The molecule has 0 saturated carbocycles. The largest absolute Gasteiger partial charge is 0.573 e. The summed E-state index contributed by atoms with van der Waals surface area (Å²) >= 11 is 0. The summed E-state index contributed by atoms with van der Waals surface area (Å²) in [5, 5.41) is 2.64. The SMILES string of the molecule is CC(N)C(=O)NCc1cc(-c2ccc(OC(F)(F)F)cc2)ccn1. The molecule has 1 atom stereocenters. The predicted octanol–water partition coefficient (Wildman–Crippen LogP) is 2.61. The normalized spacial score (nSPS) is 12.5. The van der Waals surface area contributed by atoms with E-state index in [1.54, 1.807) is 25.3 Å². The van der Waals surface area contributed by atoms with E-state index in [0.29, 0.717) is 11.3 Å². The molecule has 1 aromatic heterocycles. The molecule has 2 aromatic rings. The summed E-state index contributed by atoms with van der Waals surface area (Å²) in [6, 6.07) is 8.34. The van der Waals surface area contributed by atoms with Crippen LogP contribution in [0.5, 0.6) is 5.75 Å². The molecule has 1 unspecified atom stereocenters. The van der Waals surface area contributed by atoms with Crippen LogP contribution < -0.4 is 15.8 Å². The molecular weight excluding hydrogens is 323 g/mol. The van der Waals surface area contributed by atoms with Crippen LogP contribution in [0.25, 0.3) is 11.1 Å². The van der Waals surface area contributed by atoms with Crippen molar-refractivity contribution in [3.05, 3.63) is 48.3 Å². The molecule has 0 fully saturated rings. The standard InChI is InChI=1S/C16H16F3N3O2/c1-10(20)15(23)22-9-13-8-12(6-7-21-13)11-2-4-14(5-3-11)24-16(17,18)19/h2-8,10H,9,20H2,1H3,(H,22,23). The predicted molar refractivity (Wildman–Crippen MR) is 81.9 cm³/mol. The van der Waals surface area contributed by atoms with Crippen molar-refractivity contribution in [3.8, 4) is 16.9 Å². The highest BCUT2D eigenvalue weighted by atomic mass is 19.4. The topological polar surface area (TPSA) is 77.2 Å². The number of carbonyl (C=O) groups is 1. The molecule has 3 N–H and O–H groups in total. The summed E-state index contributed by atoms with van der Waals surface area (Å²) in [5.41, 5.74) is 7.52. The van der Waals surface area contributed by atoms with Crippen molar-refractivity contribution in [1.29, 1.82) is 0 Å². The Kier molecular flexibility index (Phi) is 5.40. The van der Waals surface area contributed by atoms with Gasteiger partial charge in [0.15, 0.2) is 0 Å². The van der Waals surface area contributed by atoms with E-state index in [0.717, 1.165) is 5.56 Å². The maximum Gasteiger partial charge on any atom is 0.573 e. The second-order valence-corrected chi connectivity index (χ2v) is 5.11. The van der Waals surface area contributed by atoms with Gasteiger partial charge < -0.3 is 15.8 Å². The van der Waals surface area contributed by atoms with Gasteiger partial charge >= 0.3 is 6.36 Å². The molecule has 5 nitrogen and oxygen atoms in total. The Morgan fingerprint density at radius 2 is 1.92 bits per heavy atom. The Morgan fingerprint density at radius 3 is 2.50 bits per heavy atom. The molecule has 0 aliphatic rings. The second-order valence-electron chi connectivity index (χ2n) is 5.11. The smallest absolute Gasteiger partial charge is 0.406 e. The molecule has 0 spiro atoms. The van der Waals surface area contributed by atoms with Crippen LogP contribution in [-0.2, 0) is 11.3 Å². The fraction of sp³-hybridized carbons (Fsp3) is 0.250. The van der Waals surface area contributed by atoms with Gasteiger partial charge in [-0.3, -0.25) is 9.78 Å². The lowest BCUT2D eigenvalue weighted by Gasteiger charge is -2.10. The van der Waals surface area contributed by atoms with Crippen LogP contribution in [0.15, 0.2) is 42.6 Å². The summed E-state index contributed by atoms with van der Waals surface area (Å²) in [6.45, 7) is 1.78. The third kappa shape index (κ3) is 5.24. The van der Waals surface area contributed by atoms with Gasteiger partial charge in [-0.25, -0.2) is 0 Å². The zero-order chi connectivity index (χ0) is 17.7. The molecule has 24 heavy (non-hydrogen) atoms. The van der Waals surface area contributed by atoms with Crippen molar-refractivity contribution >= 4 is 5.91 Å². The van der Waals surface area contributed by atoms with Crippen molar-refractivity contribution in [2.24, 2.45) is 5.73 Å². The zero-order valence-corrected chi connectivity index (χ0v) is 12.8. The summed E-state index contributed by atoms with van der Waals surface area (Å²) in [7, 11) is 0. The van der Waals surface area contributed by atoms with Crippen LogP contribution in [0.2, 0.25) is 0 Å². The van der Waals surface area contributed by atoms with Gasteiger partial charge in [-0.2, -0.15) is 0 Å². The van der Waals surface area contributed by atoms with Crippen LogP contribution in [0.3, 0.4) is 0 Å². The number of nitrogens with two attached hydrogens (primary N) is 1. The highest BCUT2D eigenvalue weighted by Crippen LogP contribution is 2.26. The number of rotatable bonds is 5. The first-order valence-electron chi connectivity index (χ1n) is 7.09. The van der Waals surface area contributed by atoms with E-state index in [2.05, 4.69) is 15.0 Å². The minimum absolute atomic E-state index is 0.212. The third-order valence-corrected chi connectivity index (χ3v) is 3.10. The van der Waals surface area contributed by atoms with E-state index in [1.807, 2.05) is 0 Å². The first-order chi connectivity index (χ1) is 11.2. The van der Waals surface area contributed by atoms with Crippen molar-refractivity contribution in [1.82, 2.24) is 10.3 Å². The van der Waals surface area contributed by atoms with Gasteiger partial charge in [0.05, 0.1) is 18.3 Å². The molecule has 128 valence electrons. The lowest BCUT2D eigenvalue weighted by atomic mass is 10.1. The van der Waals surface area contributed by atoms with Crippen LogP contribution in [-0.4, -0.2) is 23.3 Å². The van der Waals surface area contributed by atoms with Gasteiger partial charge in [-0.1, -0.05) is 12.1 Å². The molecule has 1 aromatic carbocycles. The summed E-state index contributed by atoms with van der Waals surface area (Å²) in [6.07, 6.45) is -3.16. The van der Waals surface area contributed by atoms with Crippen LogP contribution in [0.1, 0.15) is 12.6 Å². The maximum absolute atomic E-state index is 12.2. The molecule has 1 amide bonds. The number of hydrogen-bond donors (Lipinski definition) is 2. The second kappa shape index (κ2) is 7.31. The lowest BCUT2D eigenvalue weighted by Crippen LogP contribution is -2.37. The van der Waals surface area contributed by atoms with Crippen LogP contribution in [0, 0.1) is 0 Å². The Balaban J connectivity index is 2.09. The lowest BCUT2D eigenvalue weighted by molar-refractivity contribution is -0.274. The van der Waals surface area contributed by atoms with Crippen LogP contribution in [0.4, 0.5) is 13.2 Å². The highest BCUT2D eigenvalue weighted by molar-refractivity contribution is 5.80. The number of amides is 1. The van der Waals surface area contributed by atoms with Gasteiger partial charge in [0.25, 0.3) is 0 Å². The molecule has 8 heteroatoms. The van der Waals surface area contributed by atoms with Crippen molar-refractivity contribution in [2.45, 2.75) is 25.9 Å². The highest BCUT2D eigenvalue weighted by Gasteiger charge is 2.30. The van der Waals surface area contributed by atoms with E-state index in [4.69, 9.17) is 5.73 Å². The van der Waals surface area contributed by atoms with Gasteiger partial charge in [0.1, 0.15) is 5.75 Å². The number of halogens is 3. The van der Waals surface area contributed by atoms with E-state index in [9.17, 15) is 18.0 Å². The maximum atomic E-state index is 12.2. The summed E-state index contributed by atoms with van der Waals surface area (Å²) < 4.78 is 40.3. The quantitative estimate of drug-likeness (QED) is 0.878. The van der Waals surface area contributed by atoms with Crippen molar-refractivity contribution in [2.75, 3.05) is 0 Å². The minimum atomic E-state index is -4.72. The molecule has 0 saturated heterocycles. The van der Waals surface area contributed by atoms with E-state index in [1.165, 1.54) is 24.3 Å². The monoisotopic (exact) mass is 339 g/mol. The summed E-state index contributed by atoms with van der Waals surface area (Å²) in [5.74, 6) is -0.583. The number of ether oxygens (including phenoxy) is 1. The van der Waals surface area contributed by atoms with Crippen molar-refractivity contribution in [3.63, 3.8) is 0 Å². The molecular formula is C16H16F3N3O2. The van der Waals surface area contributed by atoms with Crippen LogP contribution >= 0.6 is 0 Å². The molecule has 2 rings (SSSR count). The Hall–Kier alpha value is -2.61. The van der Waals surface area contributed by atoms with Gasteiger partial charge in [-0.05, 0) is 42.3 Å². The molecule has 0 bridgehead atoms. The number of carbonyl (C=O) groups excluding carboxylic acids is 1. The fourth-order valence-corrected chi connectivity index (χ4v) is 1.94. The number of nitrogens with one attached hydrogen (secondary N) is 1. The number of aromatic nitrogens is 1. The molecule has 0 aliphatic heterocycles. The average molecular weight is 339 g/mol. The number of nitrogens with zero attached hydrogens (tertiary/aromatic N) is 1. The number of pyridine rings is 1. The van der Waals surface area contributed by atoms with Gasteiger partial charge in [0, 0.05) is 6.20 Å². The number of alkyl halides is 3. The Morgan fingerprint density at radius 1 is 1.25 bits per heavy atom. The number of hydrogen-bond acceptors (Lipinski definition) is 4. The summed E-state index contributed by atoms with van der Waals surface area (Å²) in [4.78, 5) is 15.6. The first-order valence-corrected chi connectivity index (χ1v) is 7.09. The fourth-order valence-electron chi connectivity index (χ4n) is 1.94. The first kappa shape index (κ1) is 17.7. The van der Waals surface area contributed by atoms with E-state index < -0.39 is 12.4 Å². The van der Waals surface area contributed by atoms with E-state index in [-0.39, 0.29) is 18.2 Å². The zero-order valence-electron chi connectivity index (χ0n) is 12.8. The minimum Gasteiger partial charge on any atom is -0.406 e. The number of benzene rings is 1. The Labute approximate surface area is 136 Å². The average Bonchev–Trinajstić information content (AvgIpc) is 2.52. The molecule has 0 aliphatic carbocycles. The third-order valence-electron chi connectivity index (χ3n) is 3.10. The van der Waals surface area contributed by atoms with E-state index >= 15 is 0 Å². The van der Waals surface area contributed by atoms with Crippen molar-refractivity contribution < 1.29 is 22.7 Å². The molecule has 1 heterocycles.